The van der Waals surface area contributed by atoms with Crippen LogP contribution in [0.25, 0.3) is 10.4 Å². The highest BCUT2D eigenvalue weighted by Crippen LogP contribution is 2.29. The Bertz CT molecular complexity index is 1100. The highest BCUT2D eigenvalue weighted by molar-refractivity contribution is 7.17. The molecular formula is C23H20FN3OS. The molecule has 4 aromatic rings. The molecule has 0 radical (unpaired) electrons. The summed E-state index contributed by atoms with van der Waals surface area (Å²) in [5.74, 6) is -0.312. The summed E-state index contributed by atoms with van der Waals surface area (Å²) in [7, 11) is 1.79. The van der Waals surface area contributed by atoms with Crippen LogP contribution < -0.4 is 0 Å². The highest BCUT2D eigenvalue weighted by atomic mass is 32.1. The minimum Gasteiger partial charge on any atom is -0.337 e. The number of hydrogen-bond acceptors (Lipinski definition) is 3. The van der Waals surface area contributed by atoms with Crippen molar-refractivity contribution in [2.24, 2.45) is 0 Å². The molecule has 0 aliphatic rings. The van der Waals surface area contributed by atoms with E-state index in [1.165, 1.54) is 29.0 Å². The zero-order valence-electron chi connectivity index (χ0n) is 16.0. The molecule has 6 heteroatoms. The van der Waals surface area contributed by atoms with Crippen molar-refractivity contribution in [3.8, 4) is 10.4 Å². The van der Waals surface area contributed by atoms with E-state index >= 15 is 0 Å². The van der Waals surface area contributed by atoms with Crippen LogP contribution in [0.5, 0.6) is 0 Å². The van der Waals surface area contributed by atoms with E-state index in [0.717, 1.165) is 16.0 Å². The monoisotopic (exact) mass is 405 g/mol. The molecule has 0 fully saturated rings. The fourth-order valence-corrected chi connectivity index (χ4v) is 4.11. The predicted octanol–water partition coefficient (Wildman–Crippen LogP) is 5.07. The van der Waals surface area contributed by atoms with Crippen molar-refractivity contribution in [3.05, 3.63) is 101 Å². The van der Waals surface area contributed by atoms with Crippen molar-refractivity contribution >= 4 is 17.2 Å². The van der Waals surface area contributed by atoms with Crippen LogP contribution in [0.3, 0.4) is 0 Å². The molecule has 0 N–H and O–H groups in total. The largest absolute Gasteiger partial charge is 0.337 e. The molecule has 29 heavy (non-hydrogen) atoms. The standard InChI is InChI=1S/C23H20FN3OS/c1-26(14-18-13-25-27(16-18)15-17-5-3-2-4-6-17)23(28)22-12-11-21(29-22)19-7-9-20(24)10-8-19/h2-13,16H,14-15H2,1H3. The van der Waals surface area contributed by atoms with E-state index in [1.807, 2.05) is 41.2 Å². The van der Waals surface area contributed by atoms with E-state index < -0.39 is 0 Å². The van der Waals surface area contributed by atoms with Gasteiger partial charge >= 0.3 is 0 Å². The summed E-state index contributed by atoms with van der Waals surface area (Å²) in [6.45, 7) is 1.18. The maximum absolute atomic E-state index is 13.1. The van der Waals surface area contributed by atoms with Crippen LogP contribution in [0.15, 0.2) is 79.1 Å². The molecule has 2 heterocycles. The first-order chi connectivity index (χ1) is 14.1. The van der Waals surface area contributed by atoms with Gasteiger partial charge in [0, 0.05) is 30.2 Å². The maximum atomic E-state index is 13.1. The van der Waals surface area contributed by atoms with E-state index in [4.69, 9.17) is 0 Å². The minimum atomic E-state index is -0.269. The first-order valence-corrected chi connectivity index (χ1v) is 10.1. The SMILES string of the molecule is CN(Cc1cnn(Cc2ccccc2)c1)C(=O)c1ccc(-c2ccc(F)cc2)s1. The summed E-state index contributed by atoms with van der Waals surface area (Å²) in [4.78, 5) is 16.1. The van der Waals surface area contributed by atoms with E-state index in [0.29, 0.717) is 18.0 Å². The van der Waals surface area contributed by atoms with Crippen LogP contribution >= 0.6 is 11.3 Å². The molecule has 146 valence electrons. The summed E-state index contributed by atoms with van der Waals surface area (Å²) in [5.41, 5.74) is 3.06. The fourth-order valence-electron chi connectivity index (χ4n) is 3.10. The molecule has 0 saturated carbocycles. The molecule has 2 aromatic heterocycles. The number of hydrogen-bond donors (Lipinski definition) is 0. The third-order valence-corrected chi connectivity index (χ3v) is 5.71. The van der Waals surface area contributed by atoms with Gasteiger partial charge in [0.1, 0.15) is 5.82 Å². The number of carbonyl (C=O) groups is 1. The van der Waals surface area contributed by atoms with Crippen LogP contribution in [0.1, 0.15) is 20.8 Å². The van der Waals surface area contributed by atoms with E-state index in [-0.39, 0.29) is 11.7 Å². The van der Waals surface area contributed by atoms with Gasteiger partial charge in [-0.25, -0.2) is 4.39 Å². The van der Waals surface area contributed by atoms with Crippen LogP contribution in [-0.2, 0) is 13.1 Å². The second-order valence-electron chi connectivity index (χ2n) is 6.86. The molecule has 4 rings (SSSR count). The van der Waals surface area contributed by atoms with Crippen molar-refractivity contribution in [2.45, 2.75) is 13.1 Å². The number of carbonyl (C=O) groups excluding carboxylic acids is 1. The van der Waals surface area contributed by atoms with Gasteiger partial charge < -0.3 is 4.90 Å². The van der Waals surface area contributed by atoms with Crippen LogP contribution in [0.2, 0.25) is 0 Å². The number of thiophene rings is 1. The zero-order chi connectivity index (χ0) is 20.2. The van der Waals surface area contributed by atoms with Crippen LogP contribution in [-0.4, -0.2) is 27.6 Å². The van der Waals surface area contributed by atoms with Gasteiger partial charge in [-0.2, -0.15) is 5.10 Å². The second kappa shape index (κ2) is 8.41. The van der Waals surface area contributed by atoms with E-state index in [1.54, 1.807) is 30.3 Å². The van der Waals surface area contributed by atoms with Gasteiger partial charge in [0.15, 0.2) is 0 Å². The Kier molecular flexibility index (Phi) is 5.53. The summed E-state index contributed by atoms with van der Waals surface area (Å²) < 4.78 is 15.0. The van der Waals surface area contributed by atoms with Gasteiger partial charge in [0.05, 0.1) is 17.6 Å². The maximum Gasteiger partial charge on any atom is 0.263 e. The Balaban J connectivity index is 1.40. The van der Waals surface area contributed by atoms with Crippen molar-refractivity contribution in [1.29, 1.82) is 0 Å². The summed E-state index contributed by atoms with van der Waals surface area (Å²) in [6.07, 6.45) is 3.76. The van der Waals surface area contributed by atoms with Crippen molar-refractivity contribution in [3.63, 3.8) is 0 Å². The Labute approximate surface area is 172 Å². The molecule has 4 nitrogen and oxygen atoms in total. The van der Waals surface area contributed by atoms with Gasteiger partial charge in [0.2, 0.25) is 0 Å². The predicted molar refractivity (Wildman–Crippen MR) is 113 cm³/mol. The summed E-state index contributed by atoms with van der Waals surface area (Å²) >= 11 is 1.41. The molecule has 0 aliphatic heterocycles. The summed E-state index contributed by atoms with van der Waals surface area (Å²) in [5, 5.41) is 4.40. The fraction of sp³-hybridized carbons (Fsp3) is 0.130. The third kappa shape index (κ3) is 4.60. The van der Waals surface area contributed by atoms with Gasteiger partial charge in [-0.05, 0) is 35.4 Å². The number of rotatable bonds is 6. The molecule has 0 aliphatic carbocycles. The number of aromatic nitrogens is 2. The molecule has 1 amide bonds. The van der Waals surface area contributed by atoms with Crippen LogP contribution in [0.4, 0.5) is 4.39 Å². The normalized spacial score (nSPS) is 10.8. The lowest BCUT2D eigenvalue weighted by molar-refractivity contribution is 0.0790. The number of nitrogens with zero attached hydrogens (tertiary/aromatic N) is 3. The van der Waals surface area contributed by atoms with Crippen LogP contribution in [0, 0.1) is 5.82 Å². The number of halogens is 1. The van der Waals surface area contributed by atoms with Gasteiger partial charge in [-0.15, -0.1) is 11.3 Å². The Morgan fingerprint density at radius 2 is 1.79 bits per heavy atom. The molecule has 0 atom stereocenters. The Morgan fingerprint density at radius 1 is 1.03 bits per heavy atom. The summed E-state index contributed by atoms with van der Waals surface area (Å²) in [6, 6.07) is 20.1. The minimum absolute atomic E-state index is 0.0424. The smallest absolute Gasteiger partial charge is 0.263 e. The topological polar surface area (TPSA) is 38.1 Å². The number of amides is 1. The number of benzene rings is 2. The molecule has 0 unspecified atom stereocenters. The zero-order valence-corrected chi connectivity index (χ0v) is 16.8. The van der Waals surface area contributed by atoms with Crippen molar-refractivity contribution < 1.29 is 9.18 Å². The lowest BCUT2D eigenvalue weighted by Gasteiger charge is -2.15. The molecule has 0 saturated heterocycles. The highest BCUT2D eigenvalue weighted by Gasteiger charge is 2.16. The lowest BCUT2D eigenvalue weighted by atomic mass is 10.2. The Hall–Kier alpha value is -3.25. The molecule has 0 bridgehead atoms. The third-order valence-electron chi connectivity index (χ3n) is 4.59. The quantitative estimate of drug-likeness (QED) is 0.449. The van der Waals surface area contributed by atoms with E-state index in [2.05, 4.69) is 17.2 Å². The first-order valence-electron chi connectivity index (χ1n) is 9.25. The second-order valence-corrected chi connectivity index (χ2v) is 7.95. The van der Waals surface area contributed by atoms with Gasteiger partial charge in [0.25, 0.3) is 5.91 Å². The van der Waals surface area contributed by atoms with Crippen molar-refractivity contribution in [1.82, 2.24) is 14.7 Å². The molecule has 2 aromatic carbocycles. The average molecular weight is 405 g/mol. The Morgan fingerprint density at radius 3 is 2.55 bits per heavy atom. The molecular weight excluding hydrogens is 385 g/mol. The molecule has 0 spiro atoms. The lowest BCUT2D eigenvalue weighted by Crippen LogP contribution is -2.25. The van der Waals surface area contributed by atoms with Gasteiger partial charge in [-0.1, -0.05) is 42.5 Å². The average Bonchev–Trinajstić information content (AvgIpc) is 3.39. The van der Waals surface area contributed by atoms with Gasteiger partial charge in [-0.3, -0.25) is 9.48 Å². The first kappa shape index (κ1) is 19.1. The van der Waals surface area contributed by atoms with E-state index in [9.17, 15) is 9.18 Å². The van der Waals surface area contributed by atoms with Crippen molar-refractivity contribution in [2.75, 3.05) is 7.05 Å².